The predicted molar refractivity (Wildman–Crippen MR) is 130 cm³/mol. The molecule has 2 bridgehead atoms. The number of benzene rings is 1. The number of aromatic nitrogens is 2. The Kier molecular flexibility index (Phi) is 5.55. The van der Waals surface area contributed by atoms with E-state index in [9.17, 15) is 4.79 Å². The van der Waals surface area contributed by atoms with E-state index in [4.69, 9.17) is 4.98 Å². The summed E-state index contributed by atoms with van der Waals surface area (Å²) in [5, 5.41) is 1.00. The maximum absolute atomic E-state index is 13.5. The number of amides is 1. The maximum atomic E-state index is 13.5. The van der Waals surface area contributed by atoms with Crippen LogP contribution >= 0.6 is 11.5 Å². The quantitative estimate of drug-likeness (QED) is 0.649. The monoisotopic (exact) mass is 452 g/mol. The van der Waals surface area contributed by atoms with Crippen LogP contribution in [-0.4, -0.2) is 45.8 Å². The average Bonchev–Trinajstić information content (AvgIpc) is 3.30. The third kappa shape index (κ3) is 4.43. The molecule has 2 atom stereocenters. The topological polar surface area (TPSA) is 49.3 Å². The number of hydrogen-bond donors (Lipinski definition) is 0. The molecule has 3 heterocycles. The Bertz CT molecular complexity index is 976. The molecule has 1 aromatic carbocycles. The summed E-state index contributed by atoms with van der Waals surface area (Å²) in [5.41, 5.74) is 3.18. The number of piperidine rings is 1. The number of nitrogens with zero attached hydrogens (tertiary/aromatic N) is 4. The second kappa shape index (κ2) is 8.12. The van der Waals surface area contributed by atoms with Crippen molar-refractivity contribution in [2.45, 2.75) is 72.3 Å². The van der Waals surface area contributed by atoms with Crippen LogP contribution in [0.2, 0.25) is 0 Å². The standard InChI is InChI=1S/C26H36N4OS/c1-18-5-7-19(8-6-18)13-22-27-24(32-28-22)29-11-9-20(10-12-29)23(31)30-17-26(4)15-21(30)14-25(2,3)16-26/h5-8,20-21H,9-17H2,1-4H3. The molecule has 1 aliphatic carbocycles. The number of rotatable bonds is 4. The molecule has 32 heavy (non-hydrogen) atoms. The first kappa shape index (κ1) is 21.9. The summed E-state index contributed by atoms with van der Waals surface area (Å²) in [7, 11) is 0. The number of hydrogen-bond acceptors (Lipinski definition) is 5. The smallest absolute Gasteiger partial charge is 0.226 e. The summed E-state index contributed by atoms with van der Waals surface area (Å²) in [6, 6.07) is 9.03. The van der Waals surface area contributed by atoms with Crippen molar-refractivity contribution < 1.29 is 4.79 Å². The highest BCUT2D eigenvalue weighted by molar-refractivity contribution is 7.09. The minimum Gasteiger partial charge on any atom is -0.347 e. The van der Waals surface area contributed by atoms with Gasteiger partial charge < -0.3 is 9.80 Å². The minimum atomic E-state index is 0.164. The second-order valence-electron chi connectivity index (χ2n) is 11.6. The number of likely N-dealkylation sites (tertiary alicyclic amines) is 1. The lowest BCUT2D eigenvalue weighted by Crippen LogP contribution is -2.45. The second-order valence-corrected chi connectivity index (χ2v) is 12.3. The van der Waals surface area contributed by atoms with Crippen LogP contribution in [0.25, 0.3) is 0 Å². The Balaban J connectivity index is 1.17. The SMILES string of the molecule is Cc1ccc(Cc2nsc(N3CCC(C(=O)N4CC5(C)CC4CC(C)(C)C5)CC3)n2)cc1. The average molecular weight is 453 g/mol. The van der Waals surface area contributed by atoms with Gasteiger partial charge in [0.05, 0.1) is 0 Å². The van der Waals surface area contributed by atoms with Crippen LogP contribution in [0.3, 0.4) is 0 Å². The van der Waals surface area contributed by atoms with Crippen molar-refractivity contribution in [3.63, 3.8) is 0 Å². The summed E-state index contributed by atoms with van der Waals surface area (Å²) >= 11 is 1.49. The Morgan fingerprint density at radius 2 is 1.84 bits per heavy atom. The van der Waals surface area contributed by atoms with Crippen LogP contribution in [0.1, 0.15) is 69.8 Å². The van der Waals surface area contributed by atoms with Gasteiger partial charge in [-0.15, -0.1) is 0 Å². The zero-order valence-corrected chi connectivity index (χ0v) is 20.7. The van der Waals surface area contributed by atoms with Crippen LogP contribution in [0, 0.1) is 23.7 Å². The molecule has 2 unspecified atom stereocenters. The summed E-state index contributed by atoms with van der Waals surface area (Å²) < 4.78 is 4.60. The Morgan fingerprint density at radius 3 is 2.56 bits per heavy atom. The number of fused-ring (bicyclic) bond motifs is 2. The van der Waals surface area contributed by atoms with E-state index in [1.807, 2.05) is 0 Å². The normalized spacial score (nSPS) is 27.7. The fourth-order valence-electron chi connectivity index (χ4n) is 6.60. The van der Waals surface area contributed by atoms with Crippen LogP contribution in [0.5, 0.6) is 0 Å². The molecule has 2 aromatic rings. The molecule has 172 valence electrons. The maximum Gasteiger partial charge on any atom is 0.226 e. The molecule has 0 radical (unpaired) electrons. The van der Waals surface area contributed by atoms with Gasteiger partial charge in [0, 0.05) is 49.5 Å². The lowest BCUT2D eigenvalue weighted by Gasteiger charge is -2.40. The first-order valence-corrected chi connectivity index (χ1v) is 12.9. The third-order valence-electron chi connectivity index (χ3n) is 7.75. The van der Waals surface area contributed by atoms with E-state index >= 15 is 0 Å². The van der Waals surface area contributed by atoms with E-state index < -0.39 is 0 Å². The van der Waals surface area contributed by atoms with Gasteiger partial charge in [-0.25, -0.2) is 4.98 Å². The Hall–Kier alpha value is -1.95. The van der Waals surface area contributed by atoms with Crippen molar-refractivity contribution in [1.82, 2.24) is 14.3 Å². The zero-order valence-electron chi connectivity index (χ0n) is 19.9. The van der Waals surface area contributed by atoms with Gasteiger partial charge in [0.2, 0.25) is 11.0 Å². The van der Waals surface area contributed by atoms with Crippen molar-refractivity contribution in [2.75, 3.05) is 24.5 Å². The van der Waals surface area contributed by atoms with Gasteiger partial charge >= 0.3 is 0 Å². The summed E-state index contributed by atoms with van der Waals surface area (Å²) in [6.45, 7) is 12.0. The number of carbonyl (C=O) groups excluding carboxylic acids is 1. The molecular formula is C26H36N4OS. The van der Waals surface area contributed by atoms with Crippen molar-refractivity contribution in [1.29, 1.82) is 0 Å². The van der Waals surface area contributed by atoms with E-state index in [1.165, 1.54) is 35.5 Å². The molecule has 1 aromatic heterocycles. The molecule has 0 N–H and O–H groups in total. The molecule has 6 heteroatoms. The van der Waals surface area contributed by atoms with Crippen molar-refractivity contribution in [2.24, 2.45) is 16.7 Å². The molecule has 0 spiro atoms. The van der Waals surface area contributed by atoms with Gasteiger partial charge in [0.25, 0.3) is 0 Å². The van der Waals surface area contributed by atoms with Crippen LogP contribution in [0.4, 0.5) is 5.13 Å². The van der Waals surface area contributed by atoms with Gasteiger partial charge in [-0.2, -0.15) is 4.37 Å². The highest BCUT2D eigenvalue weighted by Crippen LogP contribution is 2.52. The summed E-state index contributed by atoms with van der Waals surface area (Å²) in [6.07, 6.45) is 6.21. The molecule has 3 aliphatic rings. The van der Waals surface area contributed by atoms with Crippen LogP contribution in [0.15, 0.2) is 24.3 Å². The fourth-order valence-corrected chi connectivity index (χ4v) is 7.34. The van der Waals surface area contributed by atoms with Gasteiger partial charge in [-0.3, -0.25) is 4.79 Å². The molecule has 5 rings (SSSR count). The first-order chi connectivity index (χ1) is 15.2. The van der Waals surface area contributed by atoms with Gasteiger partial charge in [0.1, 0.15) is 5.82 Å². The molecule has 1 saturated carbocycles. The molecule has 1 amide bonds. The molecule has 2 saturated heterocycles. The summed E-state index contributed by atoms with van der Waals surface area (Å²) in [4.78, 5) is 22.8. The number of anilines is 1. The van der Waals surface area contributed by atoms with Crippen molar-refractivity contribution in [3.8, 4) is 0 Å². The van der Waals surface area contributed by atoms with E-state index in [-0.39, 0.29) is 5.92 Å². The Morgan fingerprint density at radius 1 is 1.12 bits per heavy atom. The van der Waals surface area contributed by atoms with Crippen molar-refractivity contribution >= 4 is 22.6 Å². The van der Waals surface area contributed by atoms with E-state index in [2.05, 4.69) is 66.1 Å². The Labute approximate surface area is 196 Å². The van der Waals surface area contributed by atoms with E-state index in [0.29, 0.717) is 22.8 Å². The lowest BCUT2D eigenvalue weighted by molar-refractivity contribution is -0.137. The van der Waals surface area contributed by atoms with Gasteiger partial charge in [-0.1, -0.05) is 50.6 Å². The van der Waals surface area contributed by atoms with Crippen molar-refractivity contribution in [3.05, 3.63) is 41.2 Å². The minimum absolute atomic E-state index is 0.164. The van der Waals surface area contributed by atoms with Gasteiger partial charge in [0.15, 0.2) is 0 Å². The zero-order chi connectivity index (χ0) is 22.5. The number of carbonyl (C=O) groups is 1. The highest BCUT2D eigenvalue weighted by atomic mass is 32.1. The fraction of sp³-hybridized carbons (Fsp3) is 0.654. The highest BCUT2D eigenvalue weighted by Gasteiger charge is 2.51. The third-order valence-corrected chi connectivity index (χ3v) is 8.57. The molecule has 2 aliphatic heterocycles. The largest absolute Gasteiger partial charge is 0.347 e. The lowest BCUT2D eigenvalue weighted by atomic mass is 9.65. The van der Waals surface area contributed by atoms with Gasteiger partial charge in [-0.05, 0) is 55.4 Å². The molecule has 5 nitrogen and oxygen atoms in total. The van der Waals surface area contributed by atoms with E-state index in [0.717, 1.165) is 56.3 Å². The molecular weight excluding hydrogens is 416 g/mol. The number of aryl methyl sites for hydroxylation is 1. The summed E-state index contributed by atoms with van der Waals surface area (Å²) in [5.74, 6) is 1.47. The van der Waals surface area contributed by atoms with E-state index in [1.54, 1.807) is 0 Å². The van der Waals surface area contributed by atoms with Crippen LogP contribution in [-0.2, 0) is 11.2 Å². The predicted octanol–water partition coefficient (Wildman–Crippen LogP) is 5.08. The first-order valence-electron chi connectivity index (χ1n) is 12.1. The molecule has 3 fully saturated rings. The van der Waals surface area contributed by atoms with Crippen LogP contribution < -0.4 is 4.90 Å².